The summed E-state index contributed by atoms with van der Waals surface area (Å²) in [7, 11) is 1.74. The van der Waals surface area contributed by atoms with Crippen LogP contribution in [0.25, 0.3) is 11.3 Å². The Morgan fingerprint density at radius 1 is 1.15 bits per heavy atom. The monoisotopic (exact) mass is 275 g/mol. The van der Waals surface area contributed by atoms with Crippen molar-refractivity contribution in [1.82, 2.24) is 0 Å². The van der Waals surface area contributed by atoms with Crippen LogP contribution in [0.1, 0.15) is 41.6 Å². The third-order valence-corrected chi connectivity index (χ3v) is 3.60. The fourth-order valence-electron chi connectivity index (χ4n) is 2.26. The molecule has 0 amide bonds. The molecule has 1 aromatic heterocycles. The normalized spacial score (nSPS) is 14.6. The van der Waals surface area contributed by atoms with E-state index in [4.69, 9.17) is 4.11 Å². The van der Waals surface area contributed by atoms with Crippen molar-refractivity contribution in [2.45, 2.75) is 40.0 Å². The first-order valence-electron chi connectivity index (χ1n) is 8.22. The number of rotatable bonds is 1. The Bertz CT molecular complexity index is 743. The van der Waals surface area contributed by atoms with Gasteiger partial charge >= 0.3 is 0 Å². The summed E-state index contributed by atoms with van der Waals surface area (Å²) in [4.78, 5) is 0. The molecule has 1 heterocycles. The highest BCUT2D eigenvalue weighted by molar-refractivity contribution is 5.62. The lowest BCUT2D eigenvalue weighted by atomic mass is 9.85. The van der Waals surface area contributed by atoms with Crippen molar-refractivity contribution < 1.29 is 13.1 Å². The van der Waals surface area contributed by atoms with Gasteiger partial charge in [-0.15, -0.1) is 0 Å². The molecule has 2 aromatic rings. The standard InChI is InChI=1S/C18H23FN/c1-12-7-8-14(18(3,4)5)9-15(12)17-10-16(19)13(2)11-20(17)6/h7-11H,1-6H3/q+1/i2D3. The summed E-state index contributed by atoms with van der Waals surface area (Å²) in [6.45, 7) is 5.89. The van der Waals surface area contributed by atoms with Gasteiger partial charge in [0, 0.05) is 21.3 Å². The second kappa shape index (κ2) is 5.01. The average molecular weight is 275 g/mol. The van der Waals surface area contributed by atoms with Crippen LogP contribution in [0.4, 0.5) is 4.39 Å². The molecule has 0 saturated heterocycles. The maximum absolute atomic E-state index is 14.3. The highest BCUT2D eigenvalue weighted by Crippen LogP contribution is 2.29. The van der Waals surface area contributed by atoms with Crippen LogP contribution < -0.4 is 4.57 Å². The quantitative estimate of drug-likeness (QED) is 0.686. The number of hydrogen-bond donors (Lipinski definition) is 0. The molecular weight excluding hydrogens is 249 g/mol. The summed E-state index contributed by atoms with van der Waals surface area (Å²) in [5.74, 6) is -0.696. The summed E-state index contributed by atoms with van der Waals surface area (Å²) >= 11 is 0. The van der Waals surface area contributed by atoms with Crippen LogP contribution in [0.2, 0.25) is 0 Å². The first kappa shape index (κ1) is 11.0. The maximum Gasteiger partial charge on any atom is 0.215 e. The van der Waals surface area contributed by atoms with Gasteiger partial charge in [-0.3, -0.25) is 0 Å². The van der Waals surface area contributed by atoms with E-state index in [2.05, 4.69) is 32.9 Å². The lowest BCUT2D eigenvalue weighted by Crippen LogP contribution is -2.32. The van der Waals surface area contributed by atoms with E-state index in [9.17, 15) is 4.39 Å². The van der Waals surface area contributed by atoms with Gasteiger partial charge < -0.3 is 0 Å². The van der Waals surface area contributed by atoms with Crippen LogP contribution >= 0.6 is 0 Å². The van der Waals surface area contributed by atoms with Crippen molar-refractivity contribution in [3.8, 4) is 11.3 Å². The number of pyridine rings is 1. The molecule has 0 atom stereocenters. The molecule has 1 nitrogen and oxygen atoms in total. The fourth-order valence-corrected chi connectivity index (χ4v) is 2.26. The number of aromatic nitrogens is 1. The predicted octanol–water partition coefficient (Wildman–Crippen LogP) is 4.23. The van der Waals surface area contributed by atoms with Gasteiger partial charge in [-0.05, 0) is 36.4 Å². The molecule has 0 spiro atoms. The minimum absolute atomic E-state index is 0.0157. The molecule has 20 heavy (non-hydrogen) atoms. The number of hydrogen-bond acceptors (Lipinski definition) is 0. The van der Waals surface area contributed by atoms with E-state index in [0.717, 1.165) is 16.7 Å². The summed E-state index contributed by atoms with van der Waals surface area (Å²) in [5, 5.41) is 0. The molecule has 0 aliphatic rings. The maximum atomic E-state index is 14.3. The largest absolute Gasteiger partial charge is 0.215 e. The SMILES string of the molecule is [2H]C([2H])([2H])c1c[n+](C)c(-c2cc(C(C)(C)C)ccc2C)cc1F. The number of nitrogens with zero attached hydrogens (tertiary/aromatic N) is 1. The molecule has 0 saturated carbocycles. The third-order valence-electron chi connectivity index (χ3n) is 3.60. The number of halogens is 1. The molecule has 0 N–H and O–H groups in total. The zero-order valence-corrected chi connectivity index (χ0v) is 12.7. The molecule has 106 valence electrons. The second-order valence-corrected chi connectivity index (χ2v) is 6.31. The lowest BCUT2D eigenvalue weighted by Gasteiger charge is -2.20. The topological polar surface area (TPSA) is 3.88 Å². The Hall–Kier alpha value is -1.70. The van der Waals surface area contributed by atoms with Crippen molar-refractivity contribution in [2.24, 2.45) is 7.05 Å². The van der Waals surface area contributed by atoms with Crippen LogP contribution in [0.5, 0.6) is 0 Å². The Morgan fingerprint density at radius 3 is 2.45 bits per heavy atom. The molecule has 0 bridgehead atoms. The van der Waals surface area contributed by atoms with Crippen molar-refractivity contribution in [3.63, 3.8) is 0 Å². The minimum atomic E-state index is -2.46. The van der Waals surface area contributed by atoms with Gasteiger partial charge in [0.2, 0.25) is 5.69 Å². The molecular formula is C18H23FN+. The van der Waals surface area contributed by atoms with Crippen LogP contribution in [0, 0.1) is 19.6 Å². The molecule has 0 radical (unpaired) electrons. The van der Waals surface area contributed by atoms with Crippen LogP contribution in [-0.2, 0) is 12.5 Å². The van der Waals surface area contributed by atoms with Gasteiger partial charge in [0.15, 0.2) is 6.20 Å². The summed E-state index contributed by atoms with van der Waals surface area (Å²) < 4.78 is 38.3. The van der Waals surface area contributed by atoms with E-state index >= 15 is 0 Å². The van der Waals surface area contributed by atoms with Crippen LogP contribution in [0.3, 0.4) is 0 Å². The Labute approximate surface area is 125 Å². The summed E-state index contributed by atoms with van der Waals surface area (Å²) in [6.07, 6.45) is 1.36. The second-order valence-electron chi connectivity index (χ2n) is 6.31. The van der Waals surface area contributed by atoms with Gasteiger partial charge in [-0.1, -0.05) is 32.9 Å². The van der Waals surface area contributed by atoms with Gasteiger partial charge in [0.25, 0.3) is 0 Å². The summed E-state index contributed by atoms with van der Waals surface area (Å²) in [5.41, 5.74) is 3.48. The number of benzene rings is 1. The van der Waals surface area contributed by atoms with E-state index in [1.807, 2.05) is 13.0 Å². The number of aryl methyl sites for hydroxylation is 3. The Balaban J connectivity index is 2.66. The highest BCUT2D eigenvalue weighted by Gasteiger charge is 2.20. The third kappa shape index (κ3) is 2.74. The molecule has 0 aliphatic heterocycles. The van der Waals surface area contributed by atoms with Gasteiger partial charge in [0.05, 0.1) is 0 Å². The molecule has 0 aliphatic carbocycles. The first-order valence-corrected chi connectivity index (χ1v) is 6.72. The smallest absolute Gasteiger partial charge is 0.206 e. The summed E-state index contributed by atoms with van der Waals surface area (Å²) in [6, 6.07) is 7.47. The van der Waals surface area contributed by atoms with Crippen molar-refractivity contribution in [3.05, 3.63) is 53.0 Å². The van der Waals surface area contributed by atoms with Gasteiger partial charge in [-0.2, -0.15) is 0 Å². The molecule has 1 aromatic carbocycles. The van der Waals surface area contributed by atoms with Crippen molar-refractivity contribution in [2.75, 3.05) is 0 Å². The highest BCUT2D eigenvalue weighted by atomic mass is 19.1. The van der Waals surface area contributed by atoms with Gasteiger partial charge in [0.1, 0.15) is 12.9 Å². The van der Waals surface area contributed by atoms with E-state index in [0.29, 0.717) is 5.69 Å². The van der Waals surface area contributed by atoms with E-state index in [1.54, 1.807) is 11.6 Å². The zero-order valence-electron chi connectivity index (χ0n) is 15.7. The Kier molecular flexibility index (Phi) is 2.76. The van der Waals surface area contributed by atoms with Crippen molar-refractivity contribution in [1.29, 1.82) is 0 Å². The van der Waals surface area contributed by atoms with Crippen LogP contribution in [-0.4, -0.2) is 0 Å². The Morgan fingerprint density at radius 2 is 1.85 bits per heavy atom. The van der Waals surface area contributed by atoms with E-state index < -0.39 is 12.7 Å². The van der Waals surface area contributed by atoms with E-state index in [1.165, 1.54) is 12.3 Å². The fraction of sp³-hybridized carbons (Fsp3) is 0.389. The zero-order chi connectivity index (χ0) is 17.6. The molecule has 0 unspecified atom stereocenters. The first-order chi connectivity index (χ1) is 10.4. The molecule has 0 fully saturated rings. The van der Waals surface area contributed by atoms with E-state index in [-0.39, 0.29) is 11.0 Å². The molecule has 2 heteroatoms. The minimum Gasteiger partial charge on any atom is -0.206 e. The van der Waals surface area contributed by atoms with Crippen molar-refractivity contribution >= 4 is 0 Å². The predicted molar refractivity (Wildman–Crippen MR) is 81.2 cm³/mol. The lowest BCUT2D eigenvalue weighted by molar-refractivity contribution is -0.661. The average Bonchev–Trinajstić information content (AvgIpc) is 2.39. The molecule has 2 rings (SSSR count). The van der Waals surface area contributed by atoms with Gasteiger partial charge in [-0.25, -0.2) is 8.96 Å². The van der Waals surface area contributed by atoms with Crippen LogP contribution in [0.15, 0.2) is 30.5 Å².